The number of pyridine rings is 1. The van der Waals surface area contributed by atoms with Crippen LogP contribution in [0.2, 0.25) is 0 Å². The lowest BCUT2D eigenvalue weighted by molar-refractivity contribution is 0.0697. The van der Waals surface area contributed by atoms with E-state index in [1.807, 2.05) is 0 Å². The summed E-state index contributed by atoms with van der Waals surface area (Å²) in [6, 6.07) is 6.65. The Hall–Kier alpha value is -1.95. The van der Waals surface area contributed by atoms with Crippen LogP contribution in [0.15, 0.2) is 46.5 Å². The highest BCUT2D eigenvalue weighted by Crippen LogP contribution is 2.28. The quantitative estimate of drug-likeness (QED) is 0.927. The van der Waals surface area contributed by atoms with Gasteiger partial charge in [0, 0.05) is 11.0 Å². The molecule has 18 heavy (non-hydrogen) atoms. The van der Waals surface area contributed by atoms with Crippen LogP contribution in [0.5, 0.6) is 0 Å². The second kappa shape index (κ2) is 5.14. The summed E-state index contributed by atoms with van der Waals surface area (Å²) in [7, 11) is 0. The van der Waals surface area contributed by atoms with Gasteiger partial charge in [0.05, 0.1) is 11.8 Å². The molecule has 0 aliphatic carbocycles. The molecule has 2 aromatic rings. The molecule has 0 unspecified atom stereocenters. The van der Waals surface area contributed by atoms with Crippen LogP contribution < -0.4 is 0 Å². The number of carbonyl (C=O) groups is 1. The maximum absolute atomic E-state index is 13.3. The first-order valence-corrected chi connectivity index (χ1v) is 5.70. The van der Waals surface area contributed by atoms with E-state index in [2.05, 4.69) is 4.98 Å². The molecular formula is C12H7F2NO2S. The SMILES string of the molecule is O=C(O)c1ccc(Sc2ncc(F)cc2F)cc1. The first kappa shape index (κ1) is 12.5. The van der Waals surface area contributed by atoms with Crippen molar-refractivity contribution < 1.29 is 18.7 Å². The van der Waals surface area contributed by atoms with Crippen molar-refractivity contribution in [3.63, 3.8) is 0 Å². The Balaban J connectivity index is 2.21. The van der Waals surface area contributed by atoms with Gasteiger partial charge in [-0.1, -0.05) is 11.8 Å². The molecule has 0 saturated carbocycles. The van der Waals surface area contributed by atoms with Gasteiger partial charge in [-0.2, -0.15) is 0 Å². The number of benzene rings is 1. The van der Waals surface area contributed by atoms with E-state index < -0.39 is 17.6 Å². The number of aromatic carboxylic acids is 1. The number of rotatable bonds is 3. The lowest BCUT2D eigenvalue weighted by atomic mass is 10.2. The zero-order chi connectivity index (χ0) is 13.1. The van der Waals surface area contributed by atoms with Crippen LogP contribution in [-0.4, -0.2) is 16.1 Å². The van der Waals surface area contributed by atoms with Crippen molar-refractivity contribution >= 4 is 17.7 Å². The van der Waals surface area contributed by atoms with Crippen molar-refractivity contribution in [3.05, 3.63) is 53.7 Å². The highest BCUT2D eigenvalue weighted by Gasteiger charge is 2.08. The summed E-state index contributed by atoms with van der Waals surface area (Å²) in [5.41, 5.74) is 0.145. The Labute approximate surface area is 105 Å². The Morgan fingerprint density at radius 2 is 1.89 bits per heavy atom. The molecule has 0 bridgehead atoms. The fourth-order valence-corrected chi connectivity index (χ4v) is 2.01. The molecule has 0 spiro atoms. The maximum Gasteiger partial charge on any atom is 0.335 e. The summed E-state index contributed by atoms with van der Waals surface area (Å²) in [5, 5.41) is 8.76. The number of hydrogen-bond donors (Lipinski definition) is 1. The summed E-state index contributed by atoms with van der Waals surface area (Å²) in [6.45, 7) is 0. The number of hydrogen-bond acceptors (Lipinski definition) is 3. The van der Waals surface area contributed by atoms with Crippen LogP contribution in [0.3, 0.4) is 0 Å². The zero-order valence-electron chi connectivity index (χ0n) is 8.93. The molecule has 1 aromatic carbocycles. The predicted octanol–water partition coefficient (Wildman–Crippen LogP) is 3.21. The summed E-state index contributed by atoms with van der Waals surface area (Å²) >= 11 is 0.998. The molecule has 2 rings (SSSR count). The first-order chi connectivity index (χ1) is 8.56. The highest BCUT2D eigenvalue weighted by atomic mass is 32.2. The third-order valence-corrected chi connectivity index (χ3v) is 3.09. The van der Waals surface area contributed by atoms with E-state index in [-0.39, 0.29) is 10.6 Å². The average Bonchev–Trinajstić information content (AvgIpc) is 2.33. The minimum absolute atomic E-state index is 0.0412. The van der Waals surface area contributed by atoms with Crippen LogP contribution in [0.25, 0.3) is 0 Å². The molecule has 92 valence electrons. The third kappa shape index (κ3) is 2.84. The lowest BCUT2D eigenvalue weighted by Crippen LogP contribution is -1.95. The standard InChI is InChI=1S/C12H7F2NO2S/c13-8-5-10(14)11(15-6-8)18-9-3-1-7(2-4-9)12(16)17/h1-6H,(H,16,17). The molecule has 0 radical (unpaired) electrons. The summed E-state index contributed by atoms with van der Waals surface area (Å²) < 4.78 is 26.0. The number of halogens is 2. The number of carboxylic acid groups (broad SMARTS) is 1. The third-order valence-electron chi connectivity index (χ3n) is 2.09. The molecule has 0 fully saturated rings. The van der Waals surface area contributed by atoms with Gasteiger partial charge in [0.25, 0.3) is 0 Å². The molecule has 0 aliphatic heterocycles. The van der Waals surface area contributed by atoms with Crippen LogP contribution in [-0.2, 0) is 0 Å². The molecule has 1 aromatic heterocycles. The Morgan fingerprint density at radius 1 is 1.22 bits per heavy atom. The summed E-state index contributed by atoms with van der Waals surface area (Å²) in [6.07, 6.45) is 0.928. The molecule has 6 heteroatoms. The van der Waals surface area contributed by atoms with E-state index in [4.69, 9.17) is 5.11 Å². The minimum Gasteiger partial charge on any atom is -0.478 e. The molecule has 1 N–H and O–H groups in total. The van der Waals surface area contributed by atoms with Crippen molar-refractivity contribution in [2.75, 3.05) is 0 Å². The van der Waals surface area contributed by atoms with Gasteiger partial charge in [0.15, 0.2) is 5.82 Å². The minimum atomic E-state index is -1.03. The van der Waals surface area contributed by atoms with Crippen molar-refractivity contribution in [1.82, 2.24) is 4.98 Å². The van der Waals surface area contributed by atoms with Crippen molar-refractivity contribution in [3.8, 4) is 0 Å². The van der Waals surface area contributed by atoms with Crippen LogP contribution in [0, 0.1) is 11.6 Å². The van der Waals surface area contributed by atoms with Gasteiger partial charge in [-0.05, 0) is 24.3 Å². The highest BCUT2D eigenvalue weighted by molar-refractivity contribution is 7.99. The Bertz CT molecular complexity index is 587. The molecule has 0 saturated heterocycles. The number of carboxylic acids is 1. The van der Waals surface area contributed by atoms with Gasteiger partial charge in [0.1, 0.15) is 10.8 Å². The lowest BCUT2D eigenvalue weighted by Gasteiger charge is -2.02. The monoisotopic (exact) mass is 267 g/mol. The second-order valence-corrected chi connectivity index (χ2v) is 4.43. The fraction of sp³-hybridized carbons (Fsp3) is 0. The average molecular weight is 267 g/mol. The van der Waals surface area contributed by atoms with E-state index in [1.54, 1.807) is 12.1 Å². The first-order valence-electron chi connectivity index (χ1n) is 4.88. The van der Waals surface area contributed by atoms with Gasteiger partial charge in [-0.3, -0.25) is 0 Å². The molecule has 0 atom stereocenters. The van der Waals surface area contributed by atoms with Crippen molar-refractivity contribution in [2.24, 2.45) is 0 Å². The second-order valence-electron chi connectivity index (χ2n) is 3.37. The largest absolute Gasteiger partial charge is 0.478 e. The van der Waals surface area contributed by atoms with Crippen LogP contribution in [0.4, 0.5) is 8.78 Å². The van der Waals surface area contributed by atoms with Gasteiger partial charge >= 0.3 is 5.97 Å². The van der Waals surface area contributed by atoms with Gasteiger partial charge in [0.2, 0.25) is 0 Å². The van der Waals surface area contributed by atoms with Gasteiger partial charge in [-0.25, -0.2) is 18.6 Å². The molecule has 0 aliphatic rings. The van der Waals surface area contributed by atoms with Crippen LogP contribution >= 0.6 is 11.8 Å². The maximum atomic E-state index is 13.3. The van der Waals surface area contributed by atoms with E-state index in [1.165, 1.54) is 12.1 Å². The molecule has 1 heterocycles. The predicted molar refractivity (Wildman–Crippen MR) is 61.7 cm³/mol. The van der Waals surface area contributed by atoms with E-state index in [9.17, 15) is 13.6 Å². The van der Waals surface area contributed by atoms with Gasteiger partial charge < -0.3 is 5.11 Å². The molecular weight excluding hydrogens is 260 g/mol. The smallest absolute Gasteiger partial charge is 0.335 e. The van der Waals surface area contributed by atoms with E-state index >= 15 is 0 Å². The van der Waals surface area contributed by atoms with E-state index in [0.29, 0.717) is 4.90 Å². The normalized spacial score (nSPS) is 10.3. The number of aromatic nitrogens is 1. The summed E-state index contributed by atoms with van der Waals surface area (Å²) in [4.78, 5) is 14.9. The van der Waals surface area contributed by atoms with Crippen LogP contribution in [0.1, 0.15) is 10.4 Å². The zero-order valence-corrected chi connectivity index (χ0v) is 9.75. The fourth-order valence-electron chi connectivity index (χ4n) is 1.25. The molecule has 3 nitrogen and oxygen atoms in total. The summed E-state index contributed by atoms with van der Waals surface area (Å²) in [5.74, 6) is -2.52. The van der Waals surface area contributed by atoms with Crippen molar-refractivity contribution in [2.45, 2.75) is 9.92 Å². The Kier molecular flexibility index (Phi) is 3.57. The molecule has 0 amide bonds. The topological polar surface area (TPSA) is 50.2 Å². The van der Waals surface area contributed by atoms with Crippen molar-refractivity contribution in [1.29, 1.82) is 0 Å². The van der Waals surface area contributed by atoms with Gasteiger partial charge in [-0.15, -0.1) is 0 Å². The Morgan fingerprint density at radius 3 is 2.44 bits per heavy atom. The number of nitrogens with zero attached hydrogens (tertiary/aromatic N) is 1. The van der Waals surface area contributed by atoms with E-state index in [0.717, 1.165) is 24.0 Å².